The number of imidazole rings is 1. The van der Waals surface area contributed by atoms with Crippen LogP contribution in [0, 0.1) is 0 Å². The first-order valence-corrected chi connectivity index (χ1v) is 5.96. The van der Waals surface area contributed by atoms with Crippen molar-refractivity contribution in [3.8, 4) is 0 Å². The standard InChI is InChI=1S/C11H13N5O3/c17-8(18)3-7-4-19-2-1-16(7)11-9-10(13-5-12-9)14-6-15-11/h5-7H,1-4H2,(H,17,18)(H,12,13,14,15). The number of fused-ring (bicyclic) bond motifs is 1. The molecular weight excluding hydrogens is 250 g/mol. The van der Waals surface area contributed by atoms with E-state index >= 15 is 0 Å². The van der Waals surface area contributed by atoms with Gasteiger partial charge in [-0.2, -0.15) is 0 Å². The molecule has 1 fully saturated rings. The number of hydrogen-bond acceptors (Lipinski definition) is 6. The molecule has 0 aliphatic carbocycles. The molecule has 1 unspecified atom stereocenters. The number of aromatic nitrogens is 4. The number of morpholine rings is 1. The molecule has 100 valence electrons. The highest BCUT2D eigenvalue weighted by molar-refractivity contribution is 5.83. The van der Waals surface area contributed by atoms with Gasteiger partial charge in [0.1, 0.15) is 11.8 Å². The van der Waals surface area contributed by atoms with Gasteiger partial charge in [0.2, 0.25) is 0 Å². The number of nitrogens with one attached hydrogen (secondary N) is 1. The van der Waals surface area contributed by atoms with Crippen LogP contribution in [-0.4, -0.2) is 56.8 Å². The molecule has 2 N–H and O–H groups in total. The van der Waals surface area contributed by atoms with Gasteiger partial charge in [0.25, 0.3) is 0 Å². The van der Waals surface area contributed by atoms with Crippen LogP contribution >= 0.6 is 0 Å². The number of aliphatic carboxylic acids is 1. The summed E-state index contributed by atoms with van der Waals surface area (Å²) in [6.07, 6.45) is 3.00. The fourth-order valence-electron chi connectivity index (χ4n) is 2.27. The van der Waals surface area contributed by atoms with Crippen molar-refractivity contribution < 1.29 is 14.6 Å². The van der Waals surface area contributed by atoms with E-state index in [-0.39, 0.29) is 12.5 Å². The van der Waals surface area contributed by atoms with E-state index in [4.69, 9.17) is 9.84 Å². The van der Waals surface area contributed by atoms with Crippen LogP contribution in [0.2, 0.25) is 0 Å². The molecule has 0 radical (unpaired) electrons. The van der Waals surface area contributed by atoms with Gasteiger partial charge in [-0.25, -0.2) is 15.0 Å². The van der Waals surface area contributed by atoms with Gasteiger partial charge in [-0.1, -0.05) is 0 Å². The van der Waals surface area contributed by atoms with Crippen molar-refractivity contribution in [1.82, 2.24) is 19.9 Å². The van der Waals surface area contributed by atoms with E-state index < -0.39 is 5.97 Å². The molecule has 0 amide bonds. The molecule has 0 bridgehead atoms. The average Bonchev–Trinajstić information content (AvgIpc) is 2.87. The monoisotopic (exact) mass is 263 g/mol. The Morgan fingerprint density at radius 3 is 3.26 bits per heavy atom. The summed E-state index contributed by atoms with van der Waals surface area (Å²) in [5.41, 5.74) is 1.30. The van der Waals surface area contributed by atoms with Crippen molar-refractivity contribution >= 4 is 23.0 Å². The zero-order valence-electron chi connectivity index (χ0n) is 10.1. The second-order valence-electron chi connectivity index (χ2n) is 4.32. The maximum absolute atomic E-state index is 10.9. The van der Waals surface area contributed by atoms with E-state index in [0.717, 1.165) is 5.52 Å². The first kappa shape index (κ1) is 11.8. The molecule has 1 aliphatic rings. The Hall–Kier alpha value is -2.22. The summed E-state index contributed by atoms with van der Waals surface area (Å²) in [4.78, 5) is 28.3. The number of aromatic amines is 1. The van der Waals surface area contributed by atoms with Crippen molar-refractivity contribution in [2.24, 2.45) is 0 Å². The van der Waals surface area contributed by atoms with E-state index in [2.05, 4.69) is 19.9 Å². The molecule has 0 aromatic carbocycles. The number of nitrogens with zero attached hydrogens (tertiary/aromatic N) is 4. The minimum absolute atomic E-state index is 0.0135. The van der Waals surface area contributed by atoms with E-state index in [1.807, 2.05) is 4.90 Å². The number of rotatable bonds is 3. The van der Waals surface area contributed by atoms with Crippen LogP contribution in [-0.2, 0) is 9.53 Å². The molecule has 1 saturated heterocycles. The molecule has 19 heavy (non-hydrogen) atoms. The van der Waals surface area contributed by atoms with E-state index in [1.54, 1.807) is 6.33 Å². The summed E-state index contributed by atoms with van der Waals surface area (Å²) in [5, 5.41) is 8.97. The summed E-state index contributed by atoms with van der Waals surface area (Å²) < 4.78 is 5.35. The average molecular weight is 263 g/mol. The number of anilines is 1. The summed E-state index contributed by atoms with van der Waals surface area (Å²) in [5.74, 6) is -0.174. The maximum atomic E-state index is 10.9. The zero-order valence-corrected chi connectivity index (χ0v) is 10.1. The number of carbonyl (C=O) groups is 1. The molecule has 3 heterocycles. The van der Waals surface area contributed by atoms with Crippen molar-refractivity contribution in [3.63, 3.8) is 0 Å². The normalized spacial score (nSPS) is 19.8. The third-order valence-corrected chi connectivity index (χ3v) is 3.11. The fourth-order valence-corrected chi connectivity index (χ4v) is 2.27. The molecule has 8 heteroatoms. The van der Waals surface area contributed by atoms with Gasteiger partial charge in [0.15, 0.2) is 11.5 Å². The van der Waals surface area contributed by atoms with Gasteiger partial charge >= 0.3 is 5.97 Å². The maximum Gasteiger partial charge on any atom is 0.305 e. The Morgan fingerprint density at radius 1 is 1.53 bits per heavy atom. The van der Waals surface area contributed by atoms with Crippen molar-refractivity contribution in [2.45, 2.75) is 12.5 Å². The molecule has 1 atom stereocenters. The van der Waals surface area contributed by atoms with E-state index in [1.165, 1.54) is 6.33 Å². The lowest BCUT2D eigenvalue weighted by Gasteiger charge is -2.35. The van der Waals surface area contributed by atoms with Gasteiger partial charge < -0.3 is 19.7 Å². The van der Waals surface area contributed by atoms with Crippen molar-refractivity contribution in [3.05, 3.63) is 12.7 Å². The summed E-state index contributed by atoms with van der Waals surface area (Å²) in [6, 6.07) is -0.229. The molecule has 3 rings (SSSR count). The van der Waals surface area contributed by atoms with Gasteiger partial charge in [-0.3, -0.25) is 4.79 Å². The third-order valence-electron chi connectivity index (χ3n) is 3.11. The summed E-state index contributed by atoms with van der Waals surface area (Å²) in [7, 11) is 0. The topological polar surface area (TPSA) is 104 Å². The first-order valence-electron chi connectivity index (χ1n) is 5.96. The molecule has 0 spiro atoms. The van der Waals surface area contributed by atoms with Crippen LogP contribution < -0.4 is 4.90 Å². The van der Waals surface area contributed by atoms with Gasteiger partial charge in [0.05, 0.1) is 32.0 Å². The van der Waals surface area contributed by atoms with Crippen LogP contribution in [0.15, 0.2) is 12.7 Å². The van der Waals surface area contributed by atoms with Crippen molar-refractivity contribution in [2.75, 3.05) is 24.7 Å². The molecule has 1 aliphatic heterocycles. The highest BCUT2D eigenvalue weighted by atomic mass is 16.5. The van der Waals surface area contributed by atoms with E-state index in [9.17, 15) is 4.79 Å². The summed E-state index contributed by atoms with van der Waals surface area (Å²) in [6.45, 7) is 1.53. The molecule has 0 saturated carbocycles. The van der Waals surface area contributed by atoms with E-state index in [0.29, 0.717) is 31.2 Å². The lowest BCUT2D eigenvalue weighted by atomic mass is 10.1. The highest BCUT2D eigenvalue weighted by Crippen LogP contribution is 2.24. The molecular formula is C11H13N5O3. The summed E-state index contributed by atoms with van der Waals surface area (Å²) >= 11 is 0. The number of carboxylic acids is 1. The minimum Gasteiger partial charge on any atom is -0.481 e. The molecule has 8 nitrogen and oxygen atoms in total. The fraction of sp³-hybridized carbons (Fsp3) is 0.455. The van der Waals surface area contributed by atoms with Gasteiger partial charge in [-0.05, 0) is 0 Å². The van der Waals surface area contributed by atoms with Crippen LogP contribution in [0.4, 0.5) is 5.82 Å². The quantitative estimate of drug-likeness (QED) is 0.805. The largest absolute Gasteiger partial charge is 0.481 e. The smallest absolute Gasteiger partial charge is 0.305 e. The highest BCUT2D eigenvalue weighted by Gasteiger charge is 2.28. The molecule has 2 aromatic rings. The predicted molar refractivity (Wildman–Crippen MR) is 65.9 cm³/mol. The van der Waals surface area contributed by atoms with Crippen LogP contribution in [0.5, 0.6) is 0 Å². The second-order valence-corrected chi connectivity index (χ2v) is 4.32. The minimum atomic E-state index is -0.851. The number of hydrogen-bond donors (Lipinski definition) is 2. The number of carboxylic acid groups (broad SMARTS) is 1. The SMILES string of the molecule is O=C(O)CC1COCCN1c1ncnc2nc[nH]c12. The first-order chi connectivity index (χ1) is 9.25. The zero-order chi connectivity index (χ0) is 13.2. The lowest BCUT2D eigenvalue weighted by Crippen LogP contribution is -2.47. The predicted octanol–water partition coefficient (Wildman–Crippen LogP) is 0.0328. The second kappa shape index (κ2) is 4.81. The Kier molecular flexibility index (Phi) is 3.00. The Labute approximate surface area is 108 Å². The molecule has 2 aromatic heterocycles. The van der Waals surface area contributed by atoms with Gasteiger partial charge in [0, 0.05) is 6.54 Å². The van der Waals surface area contributed by atoms with Crippen molar-refractivity contribution in [1.29, 1.82) is 0 Å². The van der Waals surface area contributed by atoms with Crippen LogP contribution in [0.1, 0.15) is 6.42 Å². The Balaban J connectivity index is 1.97. The van der Waals surface area contributed by atoms with Gasteiger partial charge in [-0.15, -0.1) is 0 Å². The Morgan fingerprint density at radius 2 is 2.42 bits per heavy atom. The number of H-pyrrole nitrogens is 1. The van der Waals surface area contributed by atoms with Crippen LogP contribution in [0.25, 0.3) is 11.2 Å². The third kappa shape index (κ3) is 2.22. The number of ether oxygens (including phenoxy) is 1. The van der Waals surface area contributed by atoms with Crippen LogP contribution in [0.3, 0.4) is 0 Å². The Bertz CT molecular complexity index is 599. The lowest BCUT2D eigenvalue weighted by molar-refractivity contribution is -0.138.